The van der Waals surface area contributed by atoms with E-state index in [0.717, 1.165) is 44.6 Å². The summed E-state index contributed by atoms with van der Waals surface area (Å²) in [6.45, 7) is 4.88. The van der Waals surface area contributed by atoms with Gasteiger partial charge in [0.2, 0.25) is 5.95 Å². The maximum Gasteiger partial charge on any atom is 0.226 e. The number of rotatable bonds is 7. The van der Waals surface area contributed by atoms with E-state index in [1.807, 2.05) is 31.3 Å². The van der Waals surface area contributed by atoms with Gasteiger partial charge in [-0.2, -0.15) is 4.98 Å². The van der Waals surface area contributed by atoms with Crippen LogP contribution in [0.1, 0.15) is 12.8 Å². The molecule has 0 aliphatic carbocycles. The third-order valence-electron chi connectivity index (χ3n) is 3.79. The second-order valence-corrected chi connectivity index (χ2v) is 5.76. The van der Waals surface area contributed by atoms with Crippen LogP contribution in [0.4, 0.5) is 11.8 Å². The summed E-state index contributed by atoms with van der Waals surface area (Å²) in [6, 6.07) is 2.01. The first kappa shape index (κ1) is 16.0. The smallest absolute Gasteiger partial charge is 0.226 e. The normalized spacial score (nSPS) is 18.8. The first-order valence-electron chi connectivity index (χ1n) is 7.65. The van der Waals surface area contributed by atoms with E-state index in [9.17, 15) is 0 Å². The zero-order valence-electron chi connectivity index (χ0n) is 13.4. The molecule has 1 saturated heterocycles. The largest absolute Gasteiger partial charge is 0.383 e. The number of piperidine rings is 1. The second kappa shape index (κ2) is 8.14. The summed E-state index contributed by atoms with van der Waals surface area (Å²) < 4.78 is 5.06. The Hall–Kier alpha value is -1.40. The topological polar surface area (TPSA) is 53.5 Å². The summed E-state index contributed by atoms with van der Waals surface area (Å²) in [5.41, 5.74) is 0. The van der Waals surface area contributed by atoms with Crippen molar-refractivity contribution in [1.29, 1.82) is 0 Å². The number of nitrogens with one attached hydrogen (secondary N) is 1. The minimum atomic E-state index is 0.674. The number of anilines is 2. The molecule has 1 N–H and O–H groups in total. The predicted octanol–water partition coefficient (Wildman–Crippen LogP) is 0.995. The van der Waals surface area contributed by atoms with Gasteiger partial charge in [0.25, 0.3) is 0 Å². The summed E-state index contributed by atoms with van der Waals surface area (Å²) in [5, 5.41) is 3.47. The summed E-state index contributed by atoms with van der Waals surface area (Å²) in [4.78, 5) is 13.2. The van der Waals surface area contributed by atoms with Crippen molar-refractivity contribution in [3.05, 3.63) is 12.3 Å². The van der Waals surface area contributed by atoms with Crippen LogP contribution in [0, 0.1) is 5.92 Å². The second-order valence-electron chi connectivity index (χ2n) is 5.76. The fourth-order valence-corrected chi connectivity index (χ4v) is 2.65. The maximum atomic E-state index is 5.06. The molecule has 0 spiro atoms. The van der Waals surface area contributed by atoms with Crippen LogP contribution in [-0.2, 0) is 4.74 Å². The Balaban J connectivity index is 1.89. The summed E-state index contributed by atoms with van der Waals surface area (Å²) >= 11 is 0. The minimum Gasteiger partial charge on any atom is -0.383 e. The predicted molar refractivity (Wildman–Crippen MR) is 86.0 cm³/mol. The number of methoxy groups -OCH3 is 1. The van der Waals surface area contributed by atoms with Crippen LogP contribution < -0.4 is 15.1 Å². The number of hydrogen-bond donors (Lipinski definition) is 1. The molecule has 0 saturated carbocycles. The van der Waals surface area contributed by atoms with Gasteiger partial charge in [-0.1, -0.05) is 0 Å². The lowest BCUT2D eigenvalue weighted by Gasteiger charge is -2.34. The Morgan fingerprint density at radius 3 is 3.10 bits per heavy atom. The average Bonchev–Trinajstić information content (AvgIpc) is 2.52. The van der Waals surface area contributed by atoms with Crippen LogP contribution in [0.3, 0.4) is 0 Å². The van der Waals surface area contributed by atoms with Crippen LogP contribution in [0.2, 0.25) is 0 Å². The number of hydrogen-bond acceptors (Lipinski definition) is 6. The molecule has 1 atom stereocenters. The Labute approximate surface area is 127 Å². The highest BCUT2D eigenvalue weighted by Gasteiger charge is 2.21. The molecule has 1 aliphatic heterocycles. The fraction of sp³-hybridized carbons (Fsp3) is 0.733. The first-order chi connectivity index (χ1) is 10.2. The zero-order chi connectivity index (χ0) is 15.1. The van der Waals surface area contributed by atoms with Gasteiger partial charge in [-0.3, -0.25) is 0 Å². The van der Waals surface area contributed by atoms with Crippen molar-refractivity contribution in [1.82, 2.24) is 15.3 Å². The zero-order valence-corrected chi connectivity index (χ0v) is 13.4. The summed E-state index contributed by atoms with van der Waals surface area (Å²) in [5.74, 6) is 2.48. The first-order valence-corrected chi connectivity index (χ1v) is 7.65. The highest BCUT2D eigenvalue weighted by molar-refractivity contribution is 5.43. The van der Waals surface area contributed by atoms with Gasteiger partial charge in [0.1, 0.15) is 5.82 Å². The molecule has 2 rings (SSSR count). The highest BCUT2D eigenvalue weighted by atomic mass is 16.5. The van der Waals surface area contributed by atoms with Crippen molar-refractivity contribution >= 4 is 11.8 Å². The quantitative estimate of drug-likeness (QED) is 0.757. The highest BCUT2D eigenvalue weighted by Crippen LogP contribution is 2.22. The van der Waals surface area contributed by atoms with E-state index in [2.05, 4.69) is 20.2 Å². The van der Waals surface area contributed by atoms with Gasteiger partial charge in [-0.05, 0) is 31.4 Å². The van der Waals surface area contributed by atoms with Crippen LogP contribution in [-0.4, -0.2) is 64.0 Å². The maximum absolute atomic E-state index is 5.06. The number of nitrogens with zero attached hydrogens (tertiary/aromatic N) is 4. The van der Waals surface area contributed by atoms with Gasteiger partial charge in [0, 0.05) is 47.0 Å². The van der Waals surface area contributed by atoms with Crippen LogP contribution in [0.25, 0.3) is 0 Å². The minimum absolute atomic E-state index is 0.674. The summed E-state index contributed by atoms with van der Waals surface area (Å²) in [7, 11) is 5.68. The third kappa shape index (κ3) is 4.82. The van der Waals surface area contributed by atoms with E-state index in [1.54, 1.807) is 7.11 Å². The van der Waals surface area contributed by atoms with Crippen molar-refractivity contribution < 1.29 is 4.74 Å². The summed E-state index contributed by atoms with van der Waals surface area (Å²) in [6.07, 6.45) is 4.35. The number of ether oxygens (including phenoxy) is 1. The molecule has 6 nitrogen and oxygen atoms in total. The van der Waals surface area contributed by atoms with Gasteiger partial charge in [0.05, 0.1) is 6.61 Å². The van der Waals surface area contributed by atoms with E-state index >= 15 is 0 Å². The molecule has 0 amide bonds. The molecule has 1 aliphatic rings. The van der Waals surface area contributed by atoms with Crippen molar-refractivity contribution in [2.75, 3.05) is 63.8 Å². The van der Waals surface area contributed by atoms with E-state index in [-0.39, 0.29) is 0 Å². The molecular weight excluding hydrogens is 266 g/mol. The molecule has 1 unspecified atom stereocenters. The molecule has 6 heteroatoms. The Bertz CT molecular complexity index is 426. The average molecular weight is 293 g/mol. The van der Waals surface area contributed by atoms with Crippen molar-refractivity contribution in [3.63, 3.8) is 0 Å². The van der Waals surface area contributed by atoms with Gasteiger partial charge < -0.3 is 19.9 Å². The SMILES string of the molecule is COCCNCC1CCCN(c2ccnc(N(C)C)n2)C1. The molecule has 0 aromatic carbocycles. The molecule has 0 bridgehead atoms. The molecular formula is C15H27N5O. The third-order valence-corrected chi connectivity index (χ3v) is 3.79. The van der Waals surface area contributed by atoms with Crippen molar-refractivity contribution in [3.8, 4) is 0 Å². The van der Waals surface area contributed by atoms with Gasteiger partial charge >= 0.3 is 0 Å². The molecule has 1 aromatic heterocycles. The van der Waals surface area contributed by atoms with Gasteiger partial charge in [-0.15, -0.1) is 0 Å². The van der Waals surface area contributed by atoms with Crippen LogP contribution in [0.5, 0.6) is 0 Å². The van der Waals surface area contributed by atoms with Crippen molar-refractivity contribution in [2.24, 2.45) is 5.92 Å². The van der Waals surface area contributed by atoms with Gasteiger partial charge in [-0.25, -0.2) is 4.98 Å². The molecule has 1 aromatic rings. The number of aromatic nitrogens is 2. The standard InChI is InChI=1S/C15H27N5O/c1-19(2)15-17-7-6-14(18-15)20-9-4-5-13(12-20)11-16-8-10-21-3/h6-7,13,16H,4-5,8-12H2,1-3H3. The van der Waals surface area contributed by atoms with E-state index in [0.29, 0.717) is 5.92 Å². The lowest BCUT2D eigenvalue weighted by Crippen LogP contribution is -2.40. The van der Waals surface area contributed by atoms with Gasteiger partial charge in [0.15, 0.2) is 0 Å². The molecule has 1 fully saturated rings. The lowest BCUT2D eigenvalue weighted by molar-refractivity contribution is 0.197. The Morgan fingerprint density at radius 2 is 2.33 bits per heavy atom. The van der Waals surface area contributed by atoms with Crippen molar-refractivity contribution in [2.45, 2.75) is 12.8 Å². The Morgan fingerprint density at radius 1 is 1.48 bits per heavy atom. The van der Waals surface area contributed by atoms with Crippen LogP contribution in [0.15, 0.2) is 12.3 Å². The van der Waals surface area contributed by atoms with E-state index in [4.69, 9.17) is 4.74 Å². The monoisotopic (exact) mass is 293 g/mol. The Kier molecular flexibility index (Phi) is 6.20. The molecule has 2 heterocycles. The fourth-order valence-electron chi connectivity index (χ4n) is 2.65. The lowest BCUT2D eigenvalue weighted by atomic mass is 9.98. The molecule has 118 valence electrons. The van der Waals surface area contributed by atoms with E-state index in [1.165, 1.54) is 12.8 Å². The molecule has 0 radical (unpaired) electrons. The van der Waals surface area contributed by atoms with E-state index < -0.39 is 0 Å². The van der Waals surface area contributed by atoms with Crippen LogP contribution >= 0.6 is 0 Å². The molecule has 21 heavy (non-hydrogen) atoms.